The molecule has 1 N–H and O–H groups in total. The van der Waals surface area contributed by atoms with E-state index in [0.717, 1.165) is 31.4 Å². The van der Waals surface area contributed by atoms with Crippen molar-refractivity contribution >= 4 is 5.91 Å². The summed E-state index contributed by atoms with van der Waals surface area (Å²) in [7, 11) is 1.62. The van der Waals surface area contributed by atoms with Crippen LogP contribution in [0.3, 0.4) is 0 Å². The van der Waals surface area contributed by atoms with Gasteiger partial charge in [-0.2, -0.15) is 13.2 Å². The summed E-state index contributed by atoms with van der Waals surface area (Å²) in [5.41, 5.74) is -0.511. The molecular weight excluding hydrogens is 283 g/mol. The fourth-order valence-electron chi connectivity index (χ4n) is 2.70. The maximum absolute atomic E-state index is 12.5. The van der Waals surface area contributed by atoms with Gasteiger partial charge in [0.05, 0.1) is 12.2 Å². The number of halogens is 3. The van der Waals surface area contributed by atoms with Gasteiger partial charge in [0.15, 0.2) is 0 Å². The van der Waals surface area contributed by atoms with Crippen molar-refractivity contribution in [1.82, 2.24) is 5.32 Å². The summed E-state index contributed by atoms with van der Waals surface area (Å²) in [4.78, 5) is 12.1. The molecule has 1 fully saturated rings. The Morgan fingerprint density at radius 2 is 1.95 bits per heavy atom. The summed E-state index contributed by atoms with van der Waals surface area (Å²) < 4.78 is 42.5. The van der Waals surface area contributed by atoms with Crippen molar-refractivity contribution in [3.63, 3.8) is 0 Å². The summed E-state index contributed by atoms with van der Waals surface area (Å²) in [6, 6.07) is 4.29. The molecule has 3 nitrogen and oxygen atoms in total. The molecular formula is C15H18F3NO2. The van der Waals surface area contributed by atoms with E-state index < -0.39 is 11.7 Å². The number of amides is 1. The van der Waals surface area contributed by atoms with Crippen molar-refractivity contribution in [2.45, 2.75) is 31.5 Å². The van der Waals surface area contributed by atoms with E-state index in [9.17, 15) is 18.0 Å². The first-order valence-electron chi connectivity index (χ1n) is 6.89. The highest BCUT2D eigenvalue weighted by Gasteiger charge is 2.31. The number of hydrogen-bond acceptors (Lipinski definition) is 2. The zero-order valence-corrected chi connectivity index (χ0v) is 11.7. The smallest absolute Gasteiger partial charge is 0.384 e. The number of carbonyl (C=O) groups is 1. The summed E-state index contributed by atoms with van der Waals surface area (Å²) in [5, 5.41) is 2.89. The van der Waals surface area contributed by atoms with Crippen LogP contribution in [0.5, 0.6) is 0 Å². The molecule has 116 valence electrons. The second-order valence-corrected chi connectivity index (χ2v) is 5.30. The van der Waals surface area contributed by atoms with Crippen molar-refractivity contribution in [2.24, 2.45) is 5.92 Å². The predicted molar refractivity (Wildman–Crippen MR) is 71.9 cm³/mol. The monoisotopic (exact) mass is 301 g/mol. The van der Waals surface area contributed by atoms with Gasteiger partial charge in [0.25, 0.3) is 5.91 Å². The van der Waals surface area contributed by atoms with Crippen LogP contribution in [-0.2, 0) is 10.9 Å². The molecule has 1 amide bonds. The Balaban J connectivity index is 2.00. The normalized spacial score (nSPS) is 22.3. The Kier molecular flexibility index (Phi) is 4.88. The Hall–Kier alpha value is -1.56. The maximum Gasteiger partial charge on any atom is 0.416 e. The highest BCUT2D eigenvalue weighted by atomic mass is 19.4. The Labute approximate surface area is 121 Å². The first-order valence-corrected chi connectivity index (χ1v) is 6.89. The van der Waals surface area contributed by atoms with Crippen molar-refractivity contribution in [1.29, 1.82) is 0 Å². The molecule has 2 rings (SSSR count). The number of benzene rings is 1. The number of alkyl halides is 3. The minimum Gasteiger partial charge on any atom is -0.384 e. The van der Waals surface area contributed by atoms with Crippen LogP contribution in [0.1, 0.15) is 35.2 Å². The highest BCUT2D eigenvalue weighted by Crippen LogP contribution is 2.29. The van der Waals surface area contributed by atoms with Gasteiger partial charge in [-0.15, -0.1) is 0 Å². The predicted octanol–water partition coefficient (Wildman–Crippen LogP) is 3.25. The molecule has 2 atom stereocenters. The van der Waals surface area contributed by atoms with E-state index in [1.165, 1.54) is 12.1 Å². The van der Waals surface area contributed by atoms with E-state index in [-0.39, 0.29) is 23.4 Å². The first-order chi connectivity index (χ1) is 9.91. The van der Waals surface area contributed by atoms with Crippen LogP contribution in [0.15, 0.2) is 24.3 Å². The third kappa shape index (κ3) is 3.97. The molecule has 1 aliphatic carbocycles. The van der Waals surface area contributed by atoms with Crippen LogP contribution in [0, 0.1) is 5.92 Å². The minimum atomic E-state index is -4.38. The molecule has 1 saturated carbocycles. The van der Waals surface area contributed by atoms with E-state index in [4.69, 9.17) is 4.74 Å². The minimum absolute atomic E-state index is 0.0275. The van der Waals surface area contributed by atoms with Crippen LogP contribution >= 0.6 is 0 Å². The van der Waals surface area contributed by atoms with Gasteiger partial charge in [0.2, 0.25) is 0 Å². The van der Waals surface area contributed by atoms with E-state index in [0.29, 0.717) is 6.61 Å². The van der Waals surface area contributed by atoms with Crippen LogP contribution in [0.25, 0.3) is 0 Å². The third-order valence-corrected chi connectivity index (χ3v) is 3.83. The van der Waals surface area contributed by atoms with Gasteiger partial charge in [-0.3, -0.25) is 4.79 Å². The van der Waals surface area contributed by atoms with Gasteiger partial charge in [0, 0.05) is 24.6 Å². The molecule has 0 aromatic heterocycles. The van der Waals surface area contributed by atoms with Crippen LogP contribution in [0.2, 0.25) is 0 Å². The van der Waals surface area contributed by atoms with Gasteiger partial charge in [-0.05, 0) is 37.1 Å². The lowest BCUT2D eigenvalue weighted by atomic mass is 10.0. The fourth-order valence-corrected chi connectivity index (χ4v) is 2.70. The molecule has 0 radical (unpaired) electrons. The average Bonchev–Trinajstić information content (AvgIpc) is 2.86. The molecule has 1 aliphatic rings. The van der Waals surface area contributed by atoms with E-state index in [1.807, 2.05) is 0 Å². The topological polar surface area (TPSA) is 38.3 Å². The second-order valence-electron chi connectivity index (χ2n) is 5.30. The standard InChI is InChI=1S/C15H18F3NO2/c1-21-9-11-3-2-4-13(11)19-14(20)10-5-7-12(8-6-10)15(16,17)18/h5-8,11,13H,2-4,9H2,1H3,(H,19,20)/t11-,13-/m1/s1. The van der Waals surface area contributed by atoms with Gasteiger partial charge in [0.1, 0.15) is 0 Å². The molecule has 6 heteroatoms. The lowest BCUT2D eigenvalue weighted by molar-refractivity contribution is -0.137. The average molecular weight is 301 g/mol. The van der Waals surface area contributed by atoms with Gasteiger partial charge in [-0.1, -0.05) is 6.42 Å². The number of hydrogen-bond donors (Lipinski definition) is 1. The molecule has 1 aromatic carbocycles. The summed E-state index contributed by atoms with van der Waals surface area (Å²) in [5.74, 6) is -0.0647. The van der Waals surface area contributed by atoms with Crippen LogP contribution < -0.4 is 5.32 Å². The quantitative estimate of drug-likeness (QED) is 0.927. The molecule has 0 aliphatic heterocycles. The zero-order chi connectivity index (χ0) is 15.5. The number of ether oxygens (including phenoxy) is 1. The lowest BCUT2D eigenvalue weighted by Gasteiger charge is -2.20. The number of nitrogens with one attached hydrogen (secondary N) is 1. The van der Waals surface area contributed by atoms with Crippen LogP contribution in [-0.4, -0.2) is 25.7 Å². The molecule has 0 spiro atoms. The SMILES string of the molecule is COC[C@H]1CCC[C@H]1NC(=O)c1ccc(C(F)(F)F)cc1. The van der Waals surface area contributed by atoms with Gasteiger partial charge in [-0.25, -0.2) is 0 Å². The molecule has 0 saturated heterocycles. The van der Waals surface area contributed by atoms with E-state index in [1.54, 1.807) is 7.11 Å². The Morgan fingerprint density at radius 3 is 2.52 bits per heavy atom. The summed E-state index contributed by atoms with van der Waals surface area (Å²) >= 11 is 0. The zero-order valence-electron chi connectivity index (χ0n) is 11.7. The molecule has 0 heterocycles. The fraction of sp³-hybridized carbons (Fsp3) is 0.533. The molecule has 1 aromatic rings. The Morgan fingerprint density at radius 1 is 1.29 bits per heavy atom. The van der Waals surface area contributed by atoms with Crippen molar-refractivity contribution < 1.29 is 22.7 Å². The largest absolute Gasteiger partial charge is 0.416 e. The second kappa shape index (κ2) is 6.47. The molecule has 21 heavy (non-hydrogen) atoms. The van der Waals surface area contributed by atoms with Crippen LogP contribution in [0.4, 0.5) is 13.2 Å². The van der Waals surface area contributed by atoms with E-state index in [2.05, 4.69) is 5.32 Å². The van der Waals surface area contributed by atoms with Gasteiger partial charge >= 0.3 is 6.18 Å². The van der Waals surface area contributed by atoms with Gasteiger partial charge < -0.3 is 10.1 Å². The lowest BCUT2D eigenvalue weighted by Crippen LogP contribution is -2.38. The van der Waals surface area contributed by atoms with Crippen molar-refractivity contribution in [3.8, 4) is 0 Å². The third-order valence-electron chi connectivity index (χ3n) is 3.83. The highest BCUT2D eigenvalue weighted by molar-refractivity contribution is 5.94. The van der Waals surface area contributed by atoms with Crippen molar-refractivity contribution in [2.75, 3.05) is 13.7 Å². The number of methoxy groups -OCH3 is 1. The van der Waals surface area contributed by atoms with E-state index >= 15 is 0 Å². The Bertz CT molecular complexity index is 485. The first kappa shape index (κ1) is 15.8. The molecule has 0 unspecified atom stereocenters. The summed E-state index contributed by atoms with van der Waals surface area (Å²) in [6.07, 6.45) is -1.50. The molecule has 0 bridgehead atoms. The summed E-state index contributed by atoms with van der Waals surface area (Å²) in [6.45, 7) is 0.581. The van der Waals surface area contributed by atoms with Crippen molar-refractivity contribution in [3.05, 3.63) is 35.4 Å². The number of rotatable bonds is 4. The maximum atomic E-state index is 12.5. The number of carbonyl (C=O) groups excluding carboxylic acids is 1.